The topological polar surface area (TPSA) is 77.9 Å². The molecule has 0 radical (unpaired) electrons. The van der Waals surface area contributed by atoms with Crippen molar-refractivity contribution in [1.29, 1.82) is 0 Å². The molecule has 1 N–H and O–H groups in total. The molecule has 0 unspecified atom stereocenters. The zero-order valence-corrected chi connectivity index (χ0v) is 19.8. The lowest BCUT2D eigenvalue weighted by Crippen LogP contribution is -2.14. The molecule has 5 aromatic rings. The van der Waals surface area contributed by atoms with Crippen molar-refractivity contribution in [3.05, 3.63) is 77.3 Å². The van der Waals surface area contributed by atoms with Gasteiger partial charge in [-0.3, -0.25) is 9.36 Å². The van der Waals surface area contributed by atoms with Crippen molar-refractivity contribution < 1.29 is 13.6 Å². The van der Waals surface area contributed by atoms with Crippen LogP contribution in [0.1, 0.15) is 5.56 Å². The van der Waals surface area contributed by atoms with Gasteiger partial charge in [0.1, 0.15) is 5.82 Å². The first-order valence-electron chi connectivity index (χ1n) is 10.3. The number of halogens is 2. The van der Waals surface area contributed by atoms with Gasteiger partial charge < -0.3 is 14.3 Å². The molecule has 0 spiro atoms. The molecule has 34 heavy (non-hydrogen) atoms. The molecule has 0 atom stereocenters. The lowest BCUT2D eigenvalue weighted by Gasteiger charge is -2.13. The predicted octanol–water partition coefficient (Wildman–Crippen LogP) is 5.85. The smallest absolute Gasteiger partial charge is 0.234 e. The molecular weight excluding hydrogens is 477 g/mol. The largest absolute Gasteiger partial charge is 0.463 e. The molecule has 0 bridgehead atoms. The van der Waals surface area contributed by atoms with E-state index in [-0.39, 0.29) is 16.7 Å². The number of aromatic nitrogens is 4. The van der Waals surface area contributed by atoms with Crippen LogP contribution in [0.25, 0.3) is 28.3 Å². The van der Waals surface area contributed by atoms with Crippen molar-refractivity contribution in [1.82, 2.24) is 19.3 Å². The number of aryl methyl sites for hydroxylation is 2. The SMILES string of the molecule is Cc1ccccc1-n1c(SCC(=O)Nc2ccc(F)c(Cl)c2)nnc1-c1cc2occc2n1C. The molecule has 0 saturated heterocycles. The second-order valence-electron chi connectivity index (χ2n) is 7.65. The number of carbonyl (C=O) groups excluding carboxylic acids is 1. The van der Waals surface area contributed by atoms with Gasteiger partial charge in [0.25, 0.3) is 0 Å². The molecule has 0 aliphatic heterocycles. The fourth-order valence-corrected chi connectivity index (χ4v) is 4.65. The number of fused-ring (bicyclic) bond motifs is 1. The minimum Gasteiger partial charge on any atom is -0.463 e. The predicted molar refractivity (Wildman–Crippen MR) is 131 cm³/mol. The number of furan rings is 1. The molecular formula is C24H19ClFN5O2S. The van der Waals surface area contributed by atoms with Crippen LogP contribution in [0, 0.1) is 12.7 Å². The first-order chi connectivity index (χ1) is 16.4. The summed E-state index contributed by atoms with van der Waals surface area (Å²) in [6.07, 6.45) is 1.65. The molecule has 5 rings (SSSR count). The highest BCUT2D eigenvalue weighted by Crippen LogP contribution is 2.32. The van der Waals surface area contributed by atoms with Crippen molar-refractivity contribution >= 4 is 46.1 Å². The van der Waals surface area contributed by atoms with E-state index in [1.54, 1.807) is 6.26 Å². The van der Waals surface area contributed by atoms with Crippen molar-refractivity contribution in [3.63, 3.8) is 0 Å². The van der Waals surface area contributed by atoms with Crippen LogP contribution in [-0.2, 0) is 11.8 Å². The summed E-state index contributed by atoms with van der Waals surface area (Å²) in [6, 6.07) is 15.8. The third-order valence-corrected chi connectivity index (χ3v) is 6.64. The Morgan fingerprint density at radius 1 is 1.18 bits per heavy atom. The van der Waals surface area contributed by atoms with Crippen LogP contribution in [0.2, 0.25) is 5.02 Å². The molecule has 3 heterocycles. The Morgan fingerprint density at radius 2 is 2.00 bits per heavy atom. The number of thioether (sulfide) groups is 1. The maximum absolute atomic E-state index is 13.4. The van der Waals surface area contributed by atoms with Crippen LogP contribution in [0.3, 0.4) is 0 Å². The highest BCUT2D eigenvalue weighted by molar-refractivity contribution is 7.99. The van der Waals surface area contributed by atoms with Crippen LogP contribution >= 0.6 is 23.4 Å². The number of rotatable bonds is 6. The highest BCUT2D eigenvalue weighted by Gasteiger charge is 2.22. The Kier molecular flexibility index (Phi) is 5.89. The minimum atomic E-state index is -0.541. The Balaban J connectivity index is 1.47. The summed E-state index contributed by atoms with van der Waals surface area (Å²) in [4.78, 5) is 12.6. The van der Waals surface area contributed by atoms with Gasteiger partial charge in [-0.15, -0.1) is 10.2 Å². The number of anilines is 1. The van der Waals surface area contributed by atoms with Crippen LogP contribution in [0.5, 0.6) is 0 Å². The molecule has 10 heteroatoms. The second-order valence-corrected chi connectivity index (χ2v) is 9.00. The van der Waals surface area contributed by atoms with Crippen molar-refractivity contribution in [3.8, 4) is 17.2 Å². The zero-order chi connectivity index (χ0) is 23.8. The van der Waals surface area contributed by atoms with E-state index in [1.165, 1.54) is 30.0 Å². The first-order valence-corrected chi connectivity index (χ1v) is 11.7. The Morgan fingerprint density at radius 3 is 2.76 bits per heavy atom. The number of amides is 1. The van der Waals surface area contributed by atoms with Crippen LogP contribution in [-0.4, -0.2) is 31.0 Å². The van der Waals surface area contributed by atoms with Gasteiger partial charge in [-0.05, 0) is 36.8 Å². The van der Waals surface area contributed by atoms with Gasteiger partial charge in [-0.2, -0.15) is 0 Å². The maximum Gasteiger partial charge on any atom is 0.234 e. The van der Waals surface area contributed by atoms with E-state index in [4.69, 9.17) is 16.0 Å². The van der Waals surface area contributed by atoms with E-state index >= 15 is 0 Å². The minimum absolute atomic E-state index is 0.0531. The van der Waals surface area contributed by atoms with Gasteiger partial charge in [0.15, 0.2) is 16.6 Å². The second kappa shape index (κ2) is 9.00. The van der Waals surface area contributed by atoms with Crippen molar-refractivity contribution in [2.75, 3.05) is 11.1 Å². The average molecular weight is 496 g/mol. The Labute approximate surface area is 203 Å². The zero-order valence-electron chi connectivity index (χ0n) is 18.3. The monoisotopic (exact) mass is 495 g/mol. The molecule has 3 aromatic heterocycles. The number of carbonyl (C=O) groups is 1. The maximum atomic E-state index is 13.4. The molecule has 0 saturated carbocycles. The van der Waals surface area contributed by atoms with E-state index in [1.807, 2.05) is 59.5 Å². The lowest BCUT2D eigenvalue weighted by molar-refractivity contribution is -0.113. The molecule has 0 fully saturated rings. The summed E-state index contributed by atoms with van der Waals surface area (Å²) < 4.78 is 22.9. The van der Waals surface area contributed by atoms with Crippen LogP contribution < -0.4 is 5.32 Å². The molecule has 7 nitrogen and oxygen atoms in total. The molecule has 2 aromatic carbocycles. The molecule has 1 amide bonds. The van der Waals surface area contributed by atoms with E-state index in [0.717, 1.165) is 28.0 Å². The fourth-order valence-electron chi connectivity index (χ4n) is 3.73. The molecule has 172 valence electrons. The van der Waals surface area contributed by atoms with E-state index in [2.05, 4.69) is 15.5 Å². The normalized spacial score (nSPS) is 11.3. The van der Waals surface area contributed by atoms with Crippen LogP contribution in [0.15, 0.2) is 70.4 Å². The number of nitrogens with one attached hydrogen (secondary N) is 1. The van der Waals surface area contributed by atoms with Crippen molar-refractivity contribution in [2.45, 2.75) is 12.1 Å². The summed E-state index contributed by atoms with van der Waals surface area (Å²) in [5.74, 6) is -0.101. The van der Waals surface area contributed by atoms with Crippen molar-refractivity contribution in [2.24, 2.45) is 7.05 Å². The quantitative estimate of drug-likeness (QED) is 0.299. The number of hydrogen-bond donors (Lipinski definition) is 1. The van der Waals surface area contributed by atoms with E-state index in [0.29, 0.717) is 16.7 Å². The van der Waals surface area contributed by atoms with E-state index < -0.39 is 5.82 Å². The first kappa shape index (κ1) is 22.2. The van der Waals surface area contributed by atoms with Gasteiger partial charge in [-0.25, -0.2) is 4.39 Å². The van der Waals surface area contributed by atoms with Gasteiger partial charge >= 0.3 is 0 Å². The summed E-state index contributed by atoms with van der Waals surface area (Å²) in [5.41, 5.74) is 4.90. The third-order valence-electron chi connectivity index (χ3n) is 5.42. The lowest BCUT2D eigenvalue weighted by atomic mass is 10.2. The van der Waals surface area contributed by atoms with E-state index in [9.17, 15) is 9.18 Å². The number of nitrogens with zero attached hydrogens (tertiary/aromatic N) is 4. The highest BCUT2D eigenvalue weighted by atomic mass is 35.5. The average Bonchev–Trinajstić information content (AvgIpc) is 3.51. The summed E-state index contributed by atoms with van der Waals surface area (Å²) in [5, 5.41) is 12.1. The summed E-state index contributed by atoms with van der Waals surface area (Å²) in [7, 11) is 1.94. The fraction of sp³-hybridized carbons (Fsp3) is 0.125. The number of para-hydroxylation sites is 1. The van der Waals surface area contributed by atoms with Gasteiger partial charge in [0.05, 0.1) is 33.9 Å². The Hall–Kier alpha value is -3.56. The van der Waals surface area contributed by atoms with Crippen LogP contribution in [0.4, 0.5) is 10.1 Å². The summed E-state index contributed by atoms with van der Waals surface area (Å²) in [6.45, 7) is 2.01. The van der Waals surface area contributed by atoms with Gasteiger partial charge in [0.2, 0.25) is 5.91 Å². The van der Waals surface area contributed by atoms with Gasteiger partial charge in [0, 0.05) is 24.9 Å². The summed E-state index contributed by atoms with van der Waals surface area (Å²) >= 11 is 7.06. The Bertz CT molecular complexity index is 1520. The third kappa shape index (κ3) is 4.08. The standard InChI is InChI=1S/C24H19ClFN5O2S/c1-14-5-3-4-6-18(14)31-23(20-12-21-19(30(20)2)9-10-33-21)28-29-24(31)34-13-22(32)27-15-7-8-17(26)16(25)11-15/h3-12H,13H2,1-2H3,(H,27,32). The molecule has 0 aliphatic rings. The molecule has 0 aliphatic carbocycles. The number of benzene rings is 2. The number of hydrogen-bond acceptors (Lipinski definition) is 5. The van der Waals surface area contributed by atoms with Gasteiger partial charge in [-0.1, -0.05) is 41.6 Å².